The zero-order chi connectivity index (χ0) is 25.7. The highest BCUT2D eigenvalue weighted by atomic mass is 19.1. The summed E-state index contributed by atoms with van der Waals surface area (Å²) >= 11 is 0. The number of halogens is 1. The van der Waals surface area contributed by atoms with Crippen LogP contribution in [0.1, 0.15) is 49.4 Å². The molecule has 0 saturated carbocycles. The zero-order valence-electron chi connectivity index (χ0n) is 20.8. The summed E-state index contributed by atoms with van der Waals surface area (Å²) < 4.78 is 25.4. The van der Waals surface area contributed by atoms with Gasteiger partial charge in [0.05, 0.1) is 13.2 Å². The zero-order valence-corrected chi connectivity index (χ0v) is 20.8. The van der Waals surface area contributed by atoms with Crippen LogP contribution in [-0.4, -0.2) is 36.5 Å². The van der Waals surface area contributed by atoms with Gasteiger partial charge in [0.25, 0.3) is 5.91 Å². The quantitative estimate of drug-likeness (QED) is 0.452. The molecule has 0 unspecified atom stereocenters. The number of amides is 2. The minimum atomic E-state index is -0.713. The maximum Gasteiger partial charge on any atom is 0.265 e. The van der Waals surface area contributed by atoms with Crippen LogP contribution in [0.4, 0.5) is 10.1 Å². The second-order valence-electron chi connectivity index (χ2n) is 8.74. The van der Waals surface area contributed by atoms with Crippen molar-refractivity contribution in [1.29, 1.82) is 0 Å². The summed E-state index contributed by atoms with van der Waals surface area (Å²) in [6.45, 7) is 4.27. The molecule has 2 amide bonds. The molecule has 0 spiro atoms. The molecule has 0 aromatic heterocycles. The molecule has 3 aromatic carbocycles. The van der Waals surface area contributed by atoms with Gasteiger partial charge in [-0.05, 0) is 78.1 Å². The monoisotopic (exact) mass is 490 g/mol. The lowest BCUT2D eigenvalue weighted by Gasteiger charge is -2.38. The maximum absolute atomic E-state index is 14.1. The number of nitrogens with zero attached hydrogens (tertiary/aromatic N) is 1. The topological polar surface area (TPSA) is 67.9 Å². The van der Waals surface area contributed by atoms with Gasteiger partial charge in [-0.1, -0.05) is 32.0 Å². The third-order valence-electron chi connectivity index (χ3n) is 6.43. The maximum atomic E-state index is 14.1. The van der Waals surface area contributed by atoms with E-state index in [0.717, 1.165) is 11.1 Å². The molecule has 0 saturated heterocycles. The molecule has 7 heteroatoms. The fraction of sp³-hybridized carbons (Fsp3) is 0.310. The lowest BCUT2D eigenvalue weighted by atomic mass is 9.87. The number of ether oxygens (including phenoxy) is 2. The molecule has 4 rings (SSSR count). The van der Waals surface area contributed by atoms with Crippen LogP contribution in [0.5, 0.6) is 11.5 Å². The van der Waals surface area contributed by atoms with E-state index in [2.05, 4.69) is 5.32 Å². The average molecular weight is 491 g/mol. The van der Waals surface area contributed by atoms with Gasteiger partial charge in [-0.25, -0.2) is 4.39 Å². The van der Waals surface area contributed by atoms with Crippen molar-refractivity contribution < 1.29 is 23.5 Å². The molecule has 1 aliphatic heterocycles. The van der Waals surface area contributed by atoms with Crippen molar-refractivity contribution in [3.63, 3.8) is 0 Å². The number of hydrogen-bond donors (Lipinski definition) is 1. The highest BCUT2D eigenvalue weighted by Gasteiger charge is 2.32. The number of fused-ring (bicyclic) bond motifs is 1. The molecular formula is C29H31FN2O4. The number of benzene rings is 3. The van der Waals surface area contributed by atoms with E-state index in [4.69, 9.17) is 9.47 Å². The summed E-state index contributed by atoms with van der Waals surface area (Å²) in [6.07, 6.45) is 0.811. The van der Waals surface area contributed by atoms with Crippen molar-refractivity contribution in [2.24, 2.45) is 0 Å². The molecule has 36 heavy (non-hydrogen) atoms. The number of carbonyl (C=O) groups excluding carboxylic acids is 2. The predicted molar refractivity (Wildman–Crippen MR) is 137 cm³/mol. The summed E-state index contributed by atoms with van der Waals surface area (Å²) in [5.74, 6) is 0.625. The van der Waals surface area contributed by atoms with E-state index in [1.807, 2.05) is 38.1 Å². The number of anilines is 1. The normalized spacial score (nSPS) is 15.6. The van der Waals surface area contributed by atoms with Crippen molar-refractivity contribution in [2.45, 2.75) is 45.3 Å². The van der Waals surface area contributed by atoms with E-state index >= 15 is 0 Å². The third kappa shape index (κ3) is 5.51. The van der Waals surface area contributed by atoms with Crippen LogP contribution in [0.25, 0.3) is 0 Å². The van der Waals surface area contributed by atoms with E-state index in [0.29, 0.717) is 48.6 Å². The van der Waals surface area contributed by atoms with E-state index in [1.165, 1.54) is 12.1 Å². The SMILES string of the molecule is CCC(=O)N1CCc2ccc(O[C@@H](CC)C(=O)Nc3ccc(OC)cc3)cc2[C@H]1c1cccc(F)c1. The van der Waals surface area contributed by atoms with Gasteiger partial charge in [0.1, 0.15) is 17.3 Å². The van der Waals surface area contributed by atoms with Gasteiger partial charge in [-0.15, -0.1) is 0 Å². The summed E-state index contributed by atoms with van der Waals surface area (Å²) in [5, 5.41) is 2.88. The number of carbonyl (C=O) groups is 2. The standard InChI is InChI=1S/C29H31FN2O4/c1-4-26(29(34)31-22-10-13-23(35-3)14-11-22)36-24-12-9-19-15-16-32(27(33)5-2)28(25(19)18-24)20-7-6-8-21(30)17-20/h6-14,17-18,26,28H,4-5,15-16H2,1-3H3,(H,31,34)/t26-,28+/m0/s1. The van der Waals surface area contributed by atoms with Crippen molar-refractivity contribution in [1.82, 2.24) is 4.90 Å². The number of nitrogens with one attached hydrogen (secondary N) is 1. The van der Waals surface area contributed by atoms with Gasteiger partial charge in [0, 0.05) is 18.7 Å². The van der Waals surface area contributed by atoms with E-state index in [9.17, 15) is 14.0 Å². The van der Waals surface area contributed by atoms with Gasteiger partial charge in [-0.3, -0.25) is 9.59 Å². The molecule has 0 aliphatic carbocycles. The lowest BCUT2D eigenvalue weighted by molar-refractivity contribution is -0.133. The Bertz CT molecular complexity index is 1230. The van der Waals surface area contributed by atoms with Crippen molar-refractivity contribution in [3.8, 4) is 11.5 Å². The average Bonchev–Trinajstić information content (AvgIpc) is 2.90. The van der Waals surface area contributed by atoms with Gasteiger partial charge in [-0.2, -0.15) is 0 Å². The molecule has 1 heterocycles. The molecule has 6 nitrogen and oxygen atoms in total. The summed E-state index contributed by atoms with van der Waals surface area (Å²) in [4.78, 5) is 27.5. The fourth-order valence-corrected chi connectivity index (χ4v) is 4.56. The first kappa shape index (κ1) is 25.2. The molecule has 1 N–H and O–H groups in total. The van der Waals surface area contributed by atoms with E-state index in [-0.39, 0.29) is 17.6 Å². The van der Waals surface area contributed by atoms with Crippen LogP contribution in [0.2, 0.25) is 0 Å². The first-order valence-electron chi connectivity index (χ1n) is 12.2. The van der Waals surface area contributed by atoms with Crippen molar-refractivity contribution in [3.05, 3.63) is 89.2 Å². The van der Waals surface area contributed by atoms with Crippen LogP contribution in [0, 0.1) is 5.82 Å². The predicted octanol–water partition coefficient (Wildman–Crippen LogP) is 5.51. The summed E-state index contributed by atoms with van der Waals surface area (Å²) in [6, 6.07) is 18.7. The molecule has 188 valence electrons. The Morgan fingerprint density at radius 2 is 1.81 bits per heavy atom. The smallest absolute Gasteiger partial charge is 0.265 e. The Hall–Kier alpha value is -3.87. The Kier molecular flexibility index (Phi) is 7.88. The second kappa shape index (κ2) is 11.2. The van der Waals surface area contributed by atoms with E-state index in [1.54, 1.807) is 42.3 Å². The van der Waals surface area contributed by atoms with Crippen LogP contribution < -0.4 is 14.8 Å². The second-order valence-corrected chi connectivity index (χ2v) is 8.74. The lowest BCUT2D eigenvalue weighted by Crippen LogP contribution is -2.40. The Labute approximate surface area is 211 Å². The first-order chi connectivity index (χ1) is 17.4. The molecule has 2 atom stereocenters. The minimum Gasteiger partial charge on any atom is -0.497 e. The largest absolute Gasteiger partial charge is 0.497 e. The highest BCUT2D eigenvalue weighted by Crippen LogP contribution is 2.38. The first-order valence-corrected chi connectivity index (χ1v) is 12.2. The number of methoxy groups -OCH3 is 1. The van der Waals surface area contributed by atoms with Gasteiger partial charge in [0.15, 0.2) is 6.10 Å². The van der Waals surface area contributed by atoms with Crippen molar-refractivity contribution >= 4 is 17.5 Å². The third-order valence-corrected chi connectivity index (χ3v) is 6.43. The van der Waals surface area contributed by atoms with Crippen LogP contribution >= 0.6 is 0 Å². The molecule has 0 bridgehead atoms. The Morgan fingerprint density at radius 3 is 2.47 bits per heavy atom. The number of rotatable bonds is 8. The molecule has 0 radical (unpaired) electrons. The van der Waals surface area contributed by atoms with Crippen LogP contribution in [0.3, 0.4) is 0 Å². The summed E-state index contributed by atoms with van der Waals surface area (Å²) in [7, 11) is 1.59. The van der Waals surface area contributed by atoms with Gasteiger partial charge < -0.3 is 19.7 Å². The van der Waals surface area contributed by atoms with Crippen molar-refractivity contribution in [2.75, 3.05) is 19.0 Å². The Morgan fingerprint density at radius 1 is 1.06 bits per heavy atom. The van der Waals surface area contributed by atoms with Gasteiger partial charge in [0.2, 0.25) is 5.91 Å². The molecular weight excluding hydrogens is 459 g/mol. The fourth-order valence-electron chi connectivity index (χ4n) is 4.56. The Balaban J connectivity index is 1.60. The highest BCUT2D eigenvalue weighted by molar-refractivity contribution is 5.94. The number of hydrogen-bond acceptors (Lipinski definition) is 4. The molecule has 1 aliphatic rings. The van der Waals surface area contributed by atoms with Gasteiger partial charge >= 0.3 is 0 Å². The summed E-state index contributed by atoms with van der Waals surface area (Å²) in [5.41, 5.74) is 3.32. The molecule has 3 aromatic rings. The van der Waals surface area contributed by atoms with Crippen LogP contribution in [-0.2, 0) is 16.0 Å². The minimum absolute atomic E-state index is 0.00605. The van der Waals surface area contributed by atoms with E-state index < -0.39 is 12.1 Å². The molecule has 0 fully saturated rings. The van der Waals surface area contributed by atoms with Crippen LogP contribution in [0.15, 0.2) is 66.7 Å².